The van der Waals surface area contributed by atoms with Crippen LogP contribution in [-0.2, 0) is 35.5 Å². The largest absolute Gasteiger partial charge is 0.444 e. The molecule has 0 bridgehead atoms. The van der Waals surface area contributed by atoms with Gasteiger partial charge in [0.2, 0.25) is 5.91 Å². The molecular weight excluding hydrogens is 633 g/mol. The molecule has 2 heterocycles. The fraction of sp³-hybridized carbons (Fsp3) is 0.400. The summed E-state index contributed by atoms with van der Waals surface area (Å²) in [7, 11) is 1.69. The van der Waals surface area contributed by atoms with Gasteiger partial charge in [-0.2, -0.15) is 0 Å². The van der Waals surface area contributed by atoms with E-state index in [-0.39, 0.29) is 36.5 Å². The Bertz CT molecular complexity index is 1530. The van der Waals surface area contributed by atoms with Crippen LogP contribution in [0.3, 0.4) is 0 Å². The number of ether oxygens (including phenoxy) is 1. The number of nitrogens with one attached hydrogen (secondary N) is 3. The van der Waals surface area contributed by atoms with Crippen LogP contribution < -0.4 is 16.0 Å². The topological polar surface area (TPSA) is 126 Å². The van der Waals surface area contributed by atoms with Crippen LogP contribution in [-0.4, -0.2) is 58.1 Å². The molecule has 2 aromatic heterocycles. The standard InChI is InChI=1S/C35H44N6O4S2/c1-24(2)32(40-34(43)41(4)20-30-22-46-25(3)37-30)33(42)38-28(17-26-11-7-5-8-12-26)15-16-29(18-27-13-9-6-10-14-27)39-35(44)45-21-31-19-36-23-47-31/h5-14,19,22-24,28-29,32H,15-18,20-21H2,1-4H3,(H,38,42)(H,39,44)(H,40,43). The van der Waals surface area contributed by atoms with Gasteiger partial charge in [0.15, 0.2) is 0 Å². The highest BCUT2D eigenvalue weighted by molar-refractivity contribution is 7.09. The smallest absolute Gasteiger partial charge is 0.407 e. The fourth-order valence-corrected chi connectivity index (χ4v) is 6.28. The summed E-state index contributed by atoms with van der Waals surface area (Å²) < 4.78 is 5.48. The molecule has 47 heavy (non-hydrogen) atoms. The fourth-order valence-electron chi connectivity index (χ4n) is 5.17. The number of thiazole rings is 2. The number of carbonyl (C=O) groups is 3. The monoisotopic (exact) mass is 676 g/mol. The number of amides is 4. The van der Waals surface area contributed by atoms with Crippen LogP contribution in [0.15, 0.2) is 77.8 Å². The number of nitrogens with zero attached hydrogens (tertiary/aromatic N) is 3. The number of aryl methyl sites for hydroxylation is 1. The zero-order chi connectivity index (χ0) is 33.6. The van der Waals surface area contributed by atoms with Gasteiger partial charge in [0, 0.05) is 30.7 Å². The van der Waals surface area contributed by atoms with Gasteiger partial charge in [-0.1, -0.05) is 74.5 Å². The van der Waals surface area contributed by atoms with Crippen molar-refractivity contribution in [3.63, 3.8) is 0 Å². The van der Waals surface area contributed by atoms with E-state index in [1.807, 2.05) is 86.8 Å². The van der Waals surface area contributed by atoms with E-state index < -0.39 is 12.1 Å². The highest BCUT2D eigenvalue weighted by Crippen LogP contribution is 2.16. The zero-order valence-corrected chi connectivity index (χ0v) is 29.0. The molecule has 10 nitrogen and oxygen atoms in total. The van der Waals surface area contributed by atoms with Gasteiger partial charge in [-0.15, -0.1) is 22.7 Å². The van der Waals surface area contributed by atoms with Crippen LogP contribution in [0.25, 0.3) is 0 Å². The maximum atomic E-state index is 13.8. The van der Waals surface area contributed by atoms with Crippen molar-refractivity contribution in [2.75, 3.05) is 7.05 Å². The first-order valence-electron chi connectivity index (χ1n) is 15.8. The quantitative estimate of drug-likeness (QED) is 0.131. The van der Waals surface area contributed by atoms with Crippen LogP contribution >= 0.6 is 22.7 Å². The lowest BCUT2D eigenvalue weighted by Gasteiger charge is -2.28. The van der Waals surface area contributed by atoms with Crippen molar-refractivity contribution < 1.29 is 19.1 Å². The summed E-state index contributed by atoms with van der Waals surface area (Å²) >= 11 is 2.96. The molecule has 0 aliphatic rings. The van der Waals surface area contributed by atoms with Crippen LogP contribution in [0.5, 0.6) is 0 Å². The summed E-state index contributed by atoms with van der Waals surface area (Å²) in [6.07, 6.45) is 3.58. The Labute approximate surface area is 285 Å². The molecule has 0 radical (unpaired) electrons. The van der Waals surface area contributed by atoms with Crippen molar-refractivity contribution in [2.24, 2.45) is 5.92 Å². The van der Waals surface area contributed by atoms with Gasteiger partial charge in [0.1, 0.15) is 12.6 Å². The summed E-state index contributed by atoms with van der Waals surface area (Å²) in [5.74, 6) is -0.393. The Morgan fingerprint density at radius 1 is 0.872 bits per heavy atom. The molecule has 3 N–H and O–H groups in total. The van der Waals surface area contributed by atoms with E-state index in [4.69, 9.17) is 4.74 Å². The van der Waals surface area contributed by atoms with Crippen molar-refractivity contribution in [3.05, 3.63) is 104 Å². The summed E-state index contributed by atoms with van der Waals surface area (Å²) in [6.45, 7) is 6.26. The second kappa shape index (κ2) is 18.2. The van der Waals surface area contributed by atoms with E-state index in [1.165, 1.54) is 27.6 Å². The third-order valence-electron chi connectivity index (χ3n) is 7.65. The number of alkyl carbamates (subject to hydrolysis) is 1. The highest BCUT2D eigenvalue weighted by Gasteiger charge is 2.28. The summed E-state index contributed by atoms with van der Waals surface area (Å²) in [5, 5.41) is 12.1. The molecule has 0 saturated carbocycles. The van der Waals surface area contributed by atoms with Gasteiger partial charge in [-0.25, -0.2) is 14.6 Å². The zero-order valence-electron chi connectivity index (χ0n) is 27.3. The maximum Gasteiger partial charge on any atom is 0.407 e. The third kappa shape index (κ3) is 12.1. The molecule has 4 amide bonds. The van der Waals surface area contributed by atoms with Crippen molar-refractivity contribution in [2.45, 2.75) is 77.7 Å². The molecule has 3 atom stereocenters. The number of benzene rings is 2. The molecule has 250 valence electrons. The Morgan fingerprint density at radius 2 is 1.49 bits per heavy atom. The van der Waals surface area contributed by atoms with E-state index in [0.29, 0.717) is 32.2 Å². The van der Waals surface area contributed by atoms with Crippen LogP contribution in [0.4, 0.5) is 9.59 Å². The van der Waals surface area contributed by atoms with Crippen LogP contribution in [0, 0.1) is 12.8 Å². The number of carbonyl (C=O) groups excluding carboxylic acids is 3. The second-order valence-electron chi connectivity index (χ2n) is 11.9. The van der Waals surface area contributed by atoms with E-state index in [2.05, 4.69) is 25.9 Å². The number of aromatic nitrogens is 2. The van der Waals surface area contributed by atoms with Crippen molar-refractivity contribution in [1.82, 2.24) is 30.8 Å². The molecule has 0 spiro atoms. The molecule has 0 aliphatic carbocycles. The van der Waals surface area contributed by atoms with Gasteiger partial charge in [-0.3, -0.25) is 9.78 Å². The SMILES string of the molecule is Cc1nc(CN(C)C(=O)NC(C(=O)NC(CCC(Cc2ccccc2)NC(=O)OCc2cncs2)Cc2ccccc2)C(C)C)cs1. The van der Waals surface area contributed by atoms with Crippen molar-refractivity contribution >= 4 is 40.7 Å². The first kappa shape index (κ1) is 35.6. The predicted octanol–water partition coefficient (Wildman–Crippen LogP) is 6.12. The first-order valence-corrected chi connectivity index (χ1v) is 17.5. The van der Waals surface area contributed by atoms with E-state index in [0.717, 1.165) is 26.7 Å². The Morgan fingerprint density at radius 3 is 2.02 bits per heavy atom. The molecule has 4 rings (SSSR count). The van der Waals surface area contributed by atoms with Gasteiger partial charge < -0.3 is 25.6 Å². The lowest BCUT2D eigenvalue weighted by molar-refractivity contribution is -0.124. The molecule has 3 unspecified atom stereocenters. The minimum absolute atomic E-state index is 0.146. The molecule has 4 aromatic rings. The average Bonchev–Trinajstić information content (AvgIpc) is 3.73. The molecule has 0 saturated heterocycles. The van der Waals surface area contributed by atoms with E-state index in [9.17, 15) is 14.4 Å². The van der Waals surface area contributed by atoms with Crippen LogP contribution in [0.1, 0.15) is 53.4 Å². The molecular formula is C35H44N6O4S2. The summed E-state index contributed by atoms with van der Waals surface area (Å²) in [5.41, 5.74) is 4.68. The van der Waals surface area contributed by atoms with Gasteiger partial charge >= 0.3 is 12.1 Å². The van der Waals surface area contributed by atoms with Crippen molar-refractivity contribution in [3.8, 4) is 0 Å². The Hall–Kier alpha value is -4.29. The maximum absolute atomic E-state index is 13.8. The lowest BCUT2D eigenvalue weighted by Crippen LogP contribution is -2.54. The van der Waals surface area contributed by atoms with E-state index >= 15 is 0 Å². The van der Waals surface area contributed by atoms with Gasteiger partial charge in [0.05, 0.1) is 27.6 Å². The van der Waals surface area contributed by atoms with Gasteiger partial charge in [-0.05, 0) is 49.7 Å². The summed E-state index contributed by atoms with van der Waals surface area (Å²) in [4.78, 5) is 50.6. The second-order valence-corrected chi connectivity index (χ2v) is 14.0. The first-order chi connectivity index (χ1) is 22.7. The lowest BCUT2D eigenvalue weighted by atomic mass is 9.95. The van der Waals surface area contributed by atoms with Gasteiger partial charge in [0.25, 0.3) is 0 Å². The number of rotatable bonds is 16. The minimum atomic E-state index is -0.736. The highest BCUT2D eigenvalue weighted by atomic mass is 32.1. The number of hydrogen-bond acceptors (Lipinski definition) is 8. The Balaban J connectivity index is 1.43. The minimum Gasteiger partial charge on any atom is -0.444 e. The van der Waals surface area contributed by atoms with E-state index in [1.54, 1.807) is 18.8 Å². The number of hydrogen-bond donors (Lipinski definition) is 3. The molecule has 0 fully saturated rings. The molecule has 0 aliphatic heterocycles. The van der Waals surface area contributed by atoms with Crippen LogP contribution in [0.2, 0.25) is 0 Å². The Kier molecular flexibility index (Phi) is 13.7. The third-order valence-corrected chi connectivity index (χ3v) is 9.23. The summed E-state index contributed by atoms with van der Waals surface area (Å²) in [6, 6.07) is 18.4. The molecule has 2 aromatic carbocycles. The normalized spacial score (nSPS) is 13.0. The average molecular weight is 677 g/mol. The predicted molar refractivity (Wildman–Crippen MR) is 186 cm³/mol. The molecule has 12 heteroatoms. The van der Waals surface area contributed by atoms with Crippen molar-refractivity contribution in [1.29, 1.82) is 0 Å². The number of urea groups is 1.